The summed E-state index contributed by atoms with van der Waals surface area (Å²) < 4.78 is 13.9. The summed E-state index contributed by atoms with van der Waals surface area (Å²) >= 11 is 17.7. The molecule has 0 atom stereocenters. The van der Waals surface area contributed by atoms with Gasteiger partial charge in [-0.3, -0.25) is 0 Å². The number of alkyl halides is 1. The van der Waals surface area contributed by atoms with Gasteiger partial charge in [0.05, 0.1) is 0 Å². The van der Waals surface area contributed by atoms with Gasteiger partial charge in [0.25, 0.3) is 0 Å². The fraction of sp³-hybridized carbons (Fsp3) is 0.0667. The van der Waals surface area contributed by atoms with Crippen molar-refractivity contribution in [2.24, 2.45) is 0 Å². The molecule has 2 rings (SSSR count). The van der Waals surface area contributed by atoms with Crippen molar-refractivity contribution in [2.75, 3.05) is 5.88 Å². The summed E-state index contributed by atoms with van der Waals surface area (Å²) in [5, 5.41) is 0.951. The lowest BCUT2D eigenvalue weighted by molar-refractivity contribution is 0.624. The van der Waals surface area contributed by atoms with Crippen LogP contribution in [-0.2, 0) is 0 Å². The van der Waals surface area contributed by atoms with Crippen LogP contribution in [-0.4, -0.2) is 5.88 Å². The van der Waals surface area contributed by atoms with E-state index in [1.807, 2.05) is 18.2 Å². The number of allylic oxidation sites excluding steroid dienone is 1. The van der Waals surface area contributed by atoms with Crippen LogP contribution in [0.1, 0.15) is 11.1 Å². The van der Waals surface area contributed by atoms with E-state index in [2.05, 4.69) is 0 Å². The summed E-state index contributed by atoms with van der Waals surface area (Å²) in [5.41, 5.74) is 1.89. The Morgan fingerprint density at radius 2 is 1.84 bits per heavy atom. The van der Waals surface area contributed by atoms with E-state index in [1.54, 1.807) is 24.3 Å². The Morgan fingerprint density at radius 1 is 1.11 bits per heavy atom. The lowest BCUT2D eigenvalue weighted by Crippen LogP contribution is -1.92. The quantitative estimate of drug-likeness (QED) is 0.488. The van der Waals surface area contributed by atoms with Gasteiger partial charge in [0.1, 0.15) is 5.82 Å². The second-order valence-electron chi connectivity index (χ2n) is 3.95. The molecule has 0 aromatic heterocycles. The van der Waals surface area contributed by atoms with Crippen molar-refractivity contribution in [3.05, 3.63) is 69.5 Å². The lowest BCUT2D eigenvalue weighted by Gasteiger charge is -2.07. The summed E-state index contributed by atoms with van der Waals surface area (Å²) in [4.78, 5) is 0. The molecular formula is C15H10Cl3F. The Balaban J connectivity index is 2.48. The highest BCUT2D eigenvalue weighted by Crippen LogP contribution is 2.27. The van der Waals surface area contributed by atoms with Gasteiger partial charge in [0, 0.05) is 21.5 Å². The maximum atomic E-state index is 13.9. The van der Waals surface area contributed by atoms with Gasteiger partial charge in [-0.1, -0.05) is 47.5 Å². The Morgan fingerprint density at radius 3 is 2.47 bits per heavy atom. The van der Waals surface area contributed by atoms with Crippen molar-refractivity contribution in [3.63, 3.8) is 0 Å². The molecule has 0 spiro atoms. The van der Waals surface area contributed by atoms with Gasteiger partial charge in [-0.05, 0) is 35.4 Å². The van der Waals surface area contributed by atoms with Crippen LogP contribution in [0, 0.1) is 5.82 Å². The molecule has 0 N–H and O–H groups in total. The Kier molecular flexibility index (Phi) is 4.87. The predicted octanol–water partition coefficient (Wildman–Crippen LogP) is 5.91. The third kappa shape index (κ3) is 3.50. The van der Waals surface area contributed by atoms with Crippen molar-refractivity contribution in [2.45, 2.75) is 0 Å². The summed E-state index contributed by atoms with van der Waals surface area (Å²) in [6, 6.07) is 11.8. The predicted molar refractivity (Wildman–Crippen MR) is 81.5 cm³/mol. The van der Waals surface area contributed by atoms with E-state index in [0.29, 0.717) is 21.2 Å². The highest BCUT2D eigenvalue weighted by molar-refractivity contribution is 6.32. The normalized spacial score (nSPS) is 11.7. The SMILES string of the molecule is Fc1cc(Cl)ccc1/C(=C/c1ccccc1Cl)CCl. The van der Waals surface area contributed by atoms with E-state index in [9.17, 15) is 4.39 Å². The molecule has 0 saturated carbocycles. The molecule has 2 aromatic carbocycles. The van der Waals surface area contributed by atoms with Gasteiger partial charge >= 0.3 is 0 Å². The summed E-state index contributed by atoms with van der Waals surface area (Å²) in [6.45, 7) is 0. The van der Waals surface area contributed by atoms with Crippen molar-refractivity contribution < 1.29 is 4.39 Å². The third-order valence-electron chi connectivity index (χ3n) is 2.66. The smallest absolute Gasteiger partial charge is 0.132 e. The molecule has 0 bridgehead atoms. The second kappa shape index (κ2) is 6.42. The van der Waals surface area contributed by atoms with E-state index in [1.165, 1.54) is 6.07 Å². The standard InChI is InChI=1S/C15H10Cl3F/c16-9-11(7-10-3-1-2-4-14(10)18)13-6-5-12(17)8-15(13)19/h1-8H,9H2/b11-7+. The highest BCUT2D eigenvalue weighted by atomic mass is 35.5. The van der Waals surface area contributed by atoms with Gasteiger partial charge in [-0.25, -0.2) is 4.39 Å². The van der Waals surface area contributed by atoms with Crippen LogP contribution in [0.5, 0.6) is 0 Å². The first-order valence-corrected chi connectivity index (χ1v) is 6.87. The summed E-state index contributed by atoms with van der Waals surface area (Å²) in [6.07, 6.45) is 1.78. The highest BCUT2D eigenvalue weighted by Gasteiger charge is 2.08. The van der Waals surface area contributed by atoms with Crippen LogP contribution in [0.4, 0.5) is 4.39 Å². The number of hydrogen-bond donors (Lipinski definition) is 0. The first-order chi connectivity index (χ1) is 9.11. The fourth-order valence-corrected chi connectivity index (χ4v) is 2.29. The van der Waals surface area contributed by atoms with Crippen molar-refractivity contribution in [1.29, 1.82) is 0 Å². The molecule has 2 aromatic rings. The van der Waals surface area contributed by atoms with Gasteiger partial charge in [0.15, 0.2) is 0 Å². The van der Waals surface area contributed by atoms with E-state index >= 15 is 0 Å². The molecular weight excluding hydrogens is 306 g/mol. The zero-order valence-corrected chi connectivity index (χ0v) is 12.1. The van der Waals surface area contributed by atoms with E-state index in [4.69, 9.17) is 34.8 Å². The average molecular weight is 316 g/mol. The maximum absolute atomic E-state index is 13.9. The molecule has 0 radical (unpaired) electrons. The van der Waals surface area contributed by atoms with Crippen LogP contribution in [0.25, 0.3) is 11.6 Å². The molecule has 0 fully saturated rings. The molecule has 0 nitrogen and oxygen atoms in total. The van der Waals surface area contributed by atoms with E-state index < -0.39 is 5.82 Å². The van der Waals surface area contributed by atoms with Crippen LogP contribution < -0.4 is 0 Å². The summed E-state index contributed by atoms with van der Waals surface area (Å²) in [7, 11) is 0. The molecule has 0 amide bonds. The average Bonchev–Trinajstić information content (AvgIpc) is 2.39. The number of benzene rings is 2. The first kappa shape index (κ1) is 14.4. The van der Waals surface area contributed by atoms with Crippen molar-refractivity contribution >= 4 is 46.5 Å². The molecule has 0 saturated heterocycles. The van der Waals surface area contributed by atoms with Gasteiger partial charge in [-0.2, -0.15) is 0 Å². The fourth-order valence-electron chi connectivity index (χ4n) is 1.72. The lowest BCUT2D eigenvalue weighted by atomic mass is 10.0. The number of hydrogen-bond acceptors (Lipinski definition) is 0. The molecule has 98 valence electrons. The van der Waals surface area contributed by atoms with Crippen LogP contribution in [0.15, 0.2) is 42.5 Å². The molecule has 0 unspecified atom stereocenters. The zero-order valence-electron chi connectivity index (χ0n) is 9.84. The third-order valence-corrected chi connectivity index (χ3v) is 3.52. The monoisotopic (exact) mass is 314 g/mol. The molecule has 19 heavy (non-hydrogen) atoms. The molecule has 0 aliphatic heterocycles. The van der Waals surface area contributed by atoms with Crippen molar-refractivity contribution in [3.8, 4) is 0 Å². The number of rotatable bonds is 3. The van der Waals surface area contributed by atoms with Crippen LogP contribution in [0.3, 0.4) is 0 Å². The molecule has 0 aliphatic carbocycles. The van der Waals surface area contributed by atoms with Crippen molar-refractivity contribution in [1.82, 2.24) is 0 Å². The molecule has 0 heterocycles. The van der Waals surface area contributed by atoms with Gasteiger partial charge in [-0.15, -0.1) is 11.6 Å². The van der Waals surface area contributed by atoms with Crippen LogP contribution >= 0.6 is 34.8 Å². The second-order valence-corrected chi connectivity index (χ2v) is 5.06. The Hall–Kier alpha value is -1.02. The van der Waals surface area contributed by atoms with Gasteiger partial charge < -0.3 is 0 Å². The number of halogens is 4. The first-order valence-electron chi connectivity index (χ1n) is 5.58. The largest absolute Gasteiger partial charge is 0.206 e. The maximum Gasteiger partial charge on any atom is 0.132 e. The minimum atomic E-state index is -0.397. The Bertz CT molecular complexity index is 621. The molecule has 0 aliphatic rings. The minimum Gasteiger partial charge on any atom is -0.206 e. The van der Waals surface area contributed by atoms with Gasteiger partial charge in [0.2, 0.25) is 0 Å². The minimum absolute atomic E-state index is 0.184. The Labute approximate surface area is 126 Å². The van der Waals surface area contributed by atoms with E-state index in [-0.39, 0.29) is 5.88 Å². The zero-order chi connectivity index (χ0) is 13.8. The van der Waals surface area contributed by atoms with Crippen LogP contribution in [0.2, 0.25) is 10.0 Å². The molecule has 4 heteroatoms. The van der Waals surface area contributed by atoms with E-state index in [0.717, 1.165) is 5.56 Å². The topological polar surface area (TPSA) is 0 Å². The summed E-state index contributed by atoms with van der Waals surface area (Å²) in [5.74, 6) is -0.213.